The maximum Gasteiger partial charge on any atom is 0.237 e. The number of aryl methyl sites for hydroxylation is 1. The Kier molecular flexibility index (Phi) is 4.48. The zero-order valence-electron chi connectivity index (χ0n) is 13.7. The summed E-state index contributed by atoms with van der Waals surface area (Å²) in [7, 11) is 0. The molecule has 2 N–H and O–H groups in total. The Bertz CT molecular complexity index is 1350. The van der Waals surface area contributed by atoms with Crippen LogP contribution in [0, 0.1) is 6.92 Å². The van der Waals surface area contributed by atoms with Crippen LogP contribution in [-0.2, 0) is 0 Å². The van der Waals surface area contributed by atoms with Crippen molar-refractivity contribution in [2.45, 2.75) is 6.92 Å². The zero-order chi connectivity index (χ0) is 18.8. The van der Waals surface area contributed by atoms with Gasteiger partial charge in [-0.05, 0) is 42.7 Å². The van der Waals surface area contributed by atoms with Crippen molar-refractivity contribution >= 4 is 44.2 Å². The van der Waals surface area contributed by atoms with Crippen LogP contribution in [0.5, 0.6) is 0 Å². The molecular weight excluding hydrogens is 388 g/mol. The average Bonchev–Trinajstić information content (AvgIpc) is 3.27. The second-order valence-corrected chi connectivity index (χ2v) is 6.76. The molecule has 3 aromatic heterocycles. The molecule has 12 heteroatoms. The molecule has 0 spiro atoms. The minimum Gasteiger partial charge on any atom is -0.287 e. The smallest absolute Gasteiger partial charge is 0.237 e. The maximum atomic E-state index is 12.5. The lowest BCUT2D eigenvalue weighted by Crippen LogP contribution is -2.47. The van der Waals surface area contributed by atoms with E-state index in [0.29, 0.717) is 21.5 Å². The fourth-order valence-electron chi connectivity index (χ4n) is 2.15. The van der Waals surface area contributed by atoms with Crippen molar-refractivity contribution in [2.24, 2.45) is 10.2 Å². The van der Waals surface area contributed by atoms with Gasteiger partial charge in [0.05, 0.1) is 0 Å². The molecule has 1 aromatic carbocycles. The number of anilines is 2. The Morgan fingerprint density at radius 2 is 1.93 bits per heavy atom. The molecule has 0 bridgehead atoms. The number of fused-ring (bicyclic) bond motifs is 1. The summed E-state index contributed by atoms with van der Waals surface area (Å²) in [4.78, 5) is 32.8. The number of rotatable bonds is 4. The fraction of sp³-hybridized carbons (Fsp3) is 0.0667. The molecule has 4 aromatic rings. The predicted octanol–water partition coefficient (Wildman–Crippen LogP) is 0.303. The van der Waals surface area contributed by atoms with Crippen molar-refractivity contribution in [3.63, 3.8) is 0 Å². The van der Waals surface area contributed by atoms with Crippen molar-refractivity contribution in [1.82, 2.24) is 18.7 Å². The molecule has 0 amide bonds. The van der Waals surface area contributed by atoms with Crippen LogP contribution in [0.25, 0.3) is 11.0 Å². The van der Waals surface area contributed by atoms with Crippen LogP contribution >= 0.6 is 23.1 Å². The number of hydrogen-bond donors (Lipinski definition) is 2. The van der Waals surface area contributed by atoms with Crippen molar-refractivity contribution in [1.29, 1.82) is 0 Å². The van der Waals surface area contributed by atoms with Crippen molar-refractivity contribution in [2.75, 3.05) is 10.9 Å². The van der Waals surface area contributed by atoms with Gasteiger partial charge in [-0.3, -0.25) is 25.4 Å². The highest BCUT2D eigenvalue weighted by molar-refractivity contribution is 7.11. The predicted molar refractivity (Wildman–Crippen MR) is 102 cm³/mol. The van der Waals surface area contributed by atoms with Crippen LogP contribution < -0.4 is 32.4 Å². The number of benzene rings is 1. The molecular formula is C15H10N8O2S2. The molecule has 3 heterocycles. The molecule has 10 nitrogen and oxygen atoms in total. The molecule has 0 aliphatic rings. The minimum absolute atomic E-state index is 0.0427. The quantitative estimate of drug-likeness (QED) is 0.469. The van der Waals surface area contributed by atoms with Gasteiger partial charge in [0.2, 0.25) is 16.0 Å². The summed E-state index contributed by atoms with van der Waals surface area (Å²) in [5.41, 5.74) is 5.61. The van der Waals surface area contributed by atoms with Gasteiger partial charge in [-0.1, -0.05) is 0 Å². The molecule has 0 saturated heterocycles. The van der Waals surface area contributed by atoms with Gasteiger partial charge in [0, 0.05) is 17.7 Å². The first-order valence-corrected chi connectivity index (χ1v) is 9.12. The van der Waals surface area contributed by atoms with E-state index in [1.165, 1.54) is 23.7 Å². The summed E-state index contributed by atoms with van der Waals surface area (Å²) < 4.78 is 8.23. The Balaban J connectivity index is 1.70. The van der Waals surface area contributed by atoms with E-state index in [9.17, 15) is 9.59 Å². The fourth-order valence-corrected chi connectivity index (χ4v) is 3.34. The molecule has 0 radical (unpaired) electrons. The van der Waals surface area contributed by atoms with E-state index in [-0.39, 0.29) is 10.7 Å². The topological polar surface area (TPSA) is 134 Å². The van der Waals surface area contributed by atoms with Gasteiger partial charge in [0.15, 0.2) is 10.4 Å². The lowest BCUT2D eigenvalue weighted by atomic mass is 10.3. The molecule has 0 saturated carbocycles. The number of pyridine rings is 1. The van der Waals surface area contributed by atoms with Crippen molar-refractivity contribution in [3.8, 4) is 0 Å². The maximum absolute atomic E-state index is 12.5. The first-order chi connectivity index (χ1) is 13.1. The summed E-state index contributed by atoms with van der Waals surface area (Å²) >= 11 is 2.25. The molecule has 0 fully saturated rings. The van der Waals surface area contributed by atoms with E-state index in [1.54, 1.807) is 19.2 Å². The van der Waals surface area contributed by atoms with E-state index >= 15 is 0 Å². The van der Waals surface area contributed by atoms with E-state index < -0.39 is 10.9 Å². The van der Waals surface area contributed by atoms with E-state index in [1.807, 2.05) is 6.07 Å². The molecule has 27 heavy (non-hydrogen) atoms. The van der Waals surface area contributed by atoms with E-state index in [4.69, 9.17) is 0 Å². The van der Waals surface area contributed by atoms with Gasteiger partial charge in [0.1, 0.15) is 22.2 Å². The van der Waals surface area contributed by atoms with Crippen LogP contribution in [0.15, 0.2) is 50.3 Å². The summed E-state index contributed by atoms with van der Waals surface area (Å²) in [6, 6.07) is 6.18. The largest absolute Gasteiger partial charge is 0.287 e. The Morgan fingerprint density at radius 1 is 1.04 bits per heavy atom. The van der Waals surface area contributed by atoms with Gasteiger partial charge in [-0.15, -0.1) is 0 Å². The van der Waals surface area contributed by atoms with E-state index in [0.717, 1.165) is 17.0 Å². The Hall–Kier alpha value is -3.38. The third-order valence-electron chi connectivity index (χ3n) is 3.38. The van der Waals surface area contributed by atoms with Gasteiger partial charge in [0.25, 0.3) is 0 Å². The summed E-state index contributed by atoms with van der Waals surface area (Å²) in [6.45, 7) is 1.73. The Labute approximate surface area is 158 Å². The van der Waals surface area contributed by atoms with Crippen molar-refractivity contribution in [3.05, 3.63) is 67.4 Å². The zero-order valence-corrected chi connectivity index (χ0v) is 15.3. The highest BCUT2D eigenvalue weighted by Gasteiger charge is 2.06. The standard InChI is InChI=1S/C15H10N8O2S2/c1-7-17-15(27-22-7)21-19-12-10(24)5-4-9(13(12)25)18-20-14-11-8(23-26-14)3-2-6-16-11/h2-6,20H,1H3,(H,17,21,22)/b18-9+,19-12+. The second kappa shape index (κ2) is 7.09. The second-order valence-electron chi connectivity index (χ2n) is 5.24. The van der Waals surface area contributed by atoms with Crippen LogP contribution in [0.2, 0.25) is 0 Å². The minimum atomic E-state index is -0.606. The molecule has 0 unspecified atom stereocenters. The monoisotopic (exact) mass is 398 g/mol. The summed E-state index contributed by atoms with van der Waals surface area (Å²) in [5, 5.41) is 8.68. The number of nitrogens with zero attached hydrogens (tertiary/aromatic N) is 6. The first kappa shape index (κ1) is 17.1. The third-order valence-corrected chi connectivity index (χ3v) is 4.85. The average molecular weight is 398 g/mol. The van der Waals surface area contributed by atoms with Crippen LogP contribution in [0.1, 0.15) is 5.82 Å². The van der Waals surface area contributed by atoms with Gasteiger partial charge in [-0.2, -0.15) is 18.9 Å². The van der Waals surface area contributed by atoms with Crippen molar-refractivity contribution < 1.29 is 0 Å². The summed E-state index contributed by atoms with van der Waals surface area (Å²) in [5.74, 6) is 0.570. The molecule has 0 aliphatic carbocycles. The number of aromatic nitrogens is 4. The summed E-state index contributed by atoms with van der Waals surface area (Å²) in [6.07, 6.45) is 1.64. The van der Waals surface area contributed by atoms with Crippen LogP contribution in [-0.4, -0.2) is 18.7 Å². The number of nitrogens with one attached hydrogen (secondary N) is 2. The van der Waals surface area contributed by atoms with Gasteiger partial charge >= 0.3 is 0 Å². The molecule has 0 atom stereocenters. The third kappa shape index (κ3) is 3.47. The van der Waals surface area contributed by atoms with Crippen LogP contribution in [0.4, 0.5) is 10.1 Å². The normalized spacial score (nSPS) is 12.6. The molecule has 0 aliphatic heterocycles. The highest BCUT2D eigenvalue weighted by Crippen LogP contribution is 2.24. The van der Waals surface area contributed by atoms with Gasteiger partial charge in [-0.25, -0.2) is 4.98 Å². The SMILES string of the molecule is Cc1nsc(N/N=c2\c(=O)cc/c(=N\Nc3snc4cccnc34)c2=O)n1. The molecule has 134 valence electrons. The van der Waals surface area contributed by atoms with E-state index in [2.05, 4.69) is 39.8 Å². The van der Waals surface area contributed by atoms with Crippen LogP contribution in [0.3, 0.4) is 0 Å². The number of hydrogen-bond acceptors (Lipinski definition) is 12. The lowest BCUT2D eigenvalue weighted by molar-refractivity contribution is 1.09. The lowest BCUT2D eigenvalue weighted by Gasteiger charge is -1.95. The van der Waals surface area contributed by atoms with Gasteiger partial charge < -0.3 is 0 Å². The molecule has 4 rings (SSSR count). The first-order valence-electron chi connectivity index (χ1n) is 7.57. The highest BCUT2D eigenvalue weighted by atomic mass is 32.1. The Morgan fingerprint density at radius 3 is 2.74 bits per heavy atom.